The molecule has 1 unspecified atom stereocenters. The van der Waals surface area contributed by atoms with Gasteiger partial charge >= 0.3 is 0 Å². The second-order valence-corrected chi connectivity index (χ2v) is 6.78. The summed E-state index contributed by atoms with van der Waals surface area (Å²) in [5, 5.41) is 15.5. The zero-order valence-corrected chi connectivity index (χ0v) is 19.8. The summed E-state index contributed by atoms with van der Waals surface area (Å²) in [4.78, 5) is 6.93. The smallest absolute Gasteiger partial charge is 0.191 e. The molecule has 8 nitrogen and oxygen atoms in total. The molecule has 0 aliphatic heterocycles. The quantitative estimate of drug-likeness (QED) is 0.353. The van der Waals surface area contributed by atoms with Gasteiger partial charge in [-0.05, 0) is 34.9 Å². The average molecular weight is 488 g/mol. The minimum atomic E-state index is 0. The second-order valence-electron chi connectivity index (χ2n) is 6.78. The van der Waals surface area contributed by atoms with Gasteiger partial charge in [-0.2, -0.15) is 10.2 Å². The first-order valence-electron chi connectivity index (χ1n) is 8.99. The lowest BCUT2D eigenvalue weighted by Gasteiger charge is -2.24. The molecule has 2 heterocycles. The van der Waals surface area contributed by atoms with Gasteiger partial charge in [0.1, 0.15) is 0 Å². The van der Waals surface area contributed by atoms with Crippen molar-refractivity contribution in [1.82, 2.24) is 35.1 Å². The fraction of sp³-hybridized carbons (Fsp3) is 0.611. The highest BCUT2D eigenvalue weighted by atomic mass is 127. The van der Waals surface area contributed by atoms with Crippen molar-refractivity contribution in [2.75, 3.05) is 27.2 Å². The van der Waals surface area contributed by atoms with Crippen molar-refractivity contribution in [1.29, 1.82) is 0 Å². The van der Waals surface area contributed by atoms with E-state index in [1.165, 1.54) is 11.1 Å². The Kier molecular flexibility index (Phi) is 9.23. The molecule has 0 saturated carbocycles. The van der Waals surface area contributed by atoms with Crippen molar-refractivity contribution in [2.45, 2.75) is 33.4 Å². The summed E-state index contributed by atoms with van der Waals surface area (Å²) in [6, 6.07) is 0.217. The molecule has 2 rings (SSSR count). The van der Waals surface area contributed by atoms with Crippen LogP contribution in [-0.4, -0.2) is 57.6 Å². The number of halogens is 1. The predicted octanol–water partition coefficient (Wildman–Crippen LogP) is 1.75. The minimum Gasteiger partial charge on any atom is -0.357 e. The molecule has 2 aromatic heterocycles. The van der Waals surface area contributed by atoms with Gasteiger partial charge in [-0.1, -0.05) is 0 Å². The first-order valence-corrected chi connectivity index (χ1v) is 8.99. The number of hydrogen-bond acceptors (Lipinski definition) is 4. The first-order chi connectivity index (χ1) is 12.3. The molecule has 1 atom stereocenters. The Bertz CT molecular complexity index is 747. The van der Waals surface area contributed by atoms with Crippen LogP contribution >= 0.6 is 24.0 Å². The standard InChI is InChI=1S/C18H32N8.HI/c1-8-19-18(20-10-16-13(2)23-26(7)14(16)3)21-11-17(24(4)5)15-9-22-25(6)12-15;/h9,12,17H,8,10-11H2,1-7H3,(H2,19,20,21);1H. The van der Waals surface area contributed by atoms with Crippen LogP contribution in [0, 0.1) is 13.8 Å². The number of guanidine groups is 1. The van der Waals surface area contributed by atoms with E-state index >= 15 is 0 Å². The zero-order valence-electron chi connectivity index (χ0n) is 17.4. The number of nitrogens with zero attached hydrogens (tertiary/aromatic N) is 6. The van der Waals surface area contributed by atoms with E-state index in [1.807, 2.05) is 36.6 Å². The Morgan fingerprint density at radius 1 is 1.26 bits per heavy atom. The van der Waals surface area contributed by atoms with Gasteiger partial charge in [0.05, 0.1) is 24.5 Å². The maximum absolute atomic E-state index is 4.75. The van der Waals surface area contributed by atoms with Crippen LogP contribution in [0.5, 0.6) is 0 Å². The molecule has 27 heavy (non-hydrogen) atoms. The Hall–Kier alpha value is -1.62. The van der Waals surface area contributed by atoms with Crippen LogP contribution in [0.15, 0.2) is 17.4 Å². The number of rotatable bonds is 7. The zero-order chi connectivity index (χ0) is 19.3. The Labute approximate surface area is 179 Å². The lowest BCUT2D eigenvalue weighted by molar-refractivity contribution is 0.298. The van der Waals surface area contributed by atoms with Gasteiger partial charge in [0.25, 0.3) is 0 Å². The summed E-state index contributed by atoms with van der Waals surface area (Å²) in [6.07, 6.45) is 3.97. The summed E-state index contributed by atoms with van der Waals surface area (Å²) in [6.45, 7) is 8.35. The van der Waals surface area contributed by atoms with E-state index in [2.05, 4.69) is 59.9 Å². The van der Waals surface area contributed by atoms with Crippen molar-refractivity contribution in [3.05, 3.63) is 34.9 Å². The molecule has 0 aliphatic rings. The van der Waals surface area contributed by atoms with Crippen molar-refractivity contribution in [3.8, 4) is 0 Å². The highest BCUT2D eigenvalue weighted by Gasteiger charge is 2.16. The molecule has 152 valence electrons. The summed E-state index contributed by atoms with van der Waals surface area (Å²) in [5.41, 5.74) is 4.55. The van der Waals surface area contributed by atoms with Crippen LogP contribution in [-0.2, 0) is 20.6 Å². The topological polar surface area (TPSA) is 75.3 Å². The predicted molar refractivity (Wildman–Crippen MR) is 121 cm³/mol. The molecule has 0 aliphatic carbocycles. The molecule has 0 bridgehead atoms. The van der Waals surface area contributed by atoms with Gasteiger partial charge in [-0.15, -0.1) is 24.0 Å². The largest absolute Gasteiger partial charge is 0.357 e. The molecule has 2 aromatic rings. The summed E-state index contributed by atoms with van der Waals surface area (Å²) in [5.74, 6) is 0.811. The van der Waals surface area contributed by atoms with Crippen LogP contribution in [0.3, 0.4) is 0 Å². The van der Waals surface area contributed by atoms with Crippen LogP contribution in [0.25, 0.3) is 0 Å². The Balaban J connectivity index is 0.00000364. The number of nitrogens with one attached hydrogen (secondary N) is 2. The van der Waals surface area contributed by atoms with E-state index in [0.717, 1.165) is 30.4 Å². The number of aliphatic imine (C=N–C) groups is 1. The number of aryl methyl sites for hydroxylation is 3. The number of likely N-dealkylation sites (N-methyl/N-ethyl adjacent to an activating group) is 1. The van der Waals surface area contributed by atoms with Crippen molar-refractivity contribution < 1.29 is 0 Å². The number of aromatic nitrogens is 4. The molecular formula is C18H33IN8. The Morgan fingerprint density at radius 3 is 2.44 bits per heavy atom. The molecule has 0 amide bonds. The number of hydrogen-bond donors (Lipinski definition) is 2. The van der Waals surface area contributed by atoms with Gasteiger partial charge in [0, 0.05) is 50.2 Å². The van der Waals surface area contributed by atoms with E-state index in [4.69, 9.17) is 4.99 Å². The van der Waals surface area contributed by atoms with E-state index in [-0.39, 0.29) is 30.0 Å². The molecule has 0 aromatic carbocycles. The van der Waals surface area contributed by atoms with Gasteiger partial charge in [-0.25, -0.2) is 4.99 Å². The molecule has 0 spiro atoms. The second kappa shape index (κ2) is 10.6. The molecule has 2 N–H and O–H groups in total. The van der Waals surface area contributed by atoms with E-state index in [9.17, 15) is 0 Å². The summed E-state index contributed by atoms with van der Waals surface area (Å²) < 4.78 is 3.74. The third-order valence-corrected chi connectivity index (χ3v) is 4.59. The molecule has 0 radical (unpaired) electrons. The lowest BCUT2D eigenvalue weighted by Crippen LogP contribution is -2.41. The van der Waals surface area contributed by atoms with Crippen LogP contribution in [0.2, 0.25) is 0 Å². The maximum Gasteiger partial charge on any atom is 0.191 e. The van der Waals surface area contributed by atoms with Gasteiger partial charge in [0.15, 0.2) is 5.96 Å². The van der Waals surface area contributed by atoms with Gasteiger partial charge in [0.2, 0.25) is 0 Å². The fourth-order valence-electron chi connectivity index (χ4n) is 2.95. The van der Waals surface area contributed by atoms with Crippen LogP contribution in [0.4, 0.5) is 0 Å². The first kappa shape index (κ1) is 23.4. The third kappa shape index (κ3) is 6.20. The maximum atomic E-state index is 4.75. The lowest BCUT2D eigenvalue weighted by atomic mass is 10.1. The minimum absolute atomic E-state index is 0. The molecular weight excluding hydrogens is 455 g/mol. The molecule has 9 heteroatoms. The van der Waals surface area contributed by atoms with Crippen molar-refractivity contribution in [2.24, 2.45) is 19.1 Å². The summed E-state index contributed by atoms with van der Waals surface area (Å²) in [7, 11) is 8.06. The fourth-order valence-corrected chi connectivity index (χ4v) is 2.95. The van der Waals surface area contributed by atoms with E-state index in [0.29, 0.717) is 6.54 Å². The monoisotopic (exact) mass is 488 g/mol. The van der Waals surface area contributed by atoms with Gasteiger partial charge < -0.3 is 15.5 Å². The van der Waals surface area contributed by atoms with Gasteiger partial charge in [-0.3, -0.25) is 9.36 Å². The van der Waals surface area contributed by atoms with Crippen molar-refractivity contribution >= 4 is 29.9 Å². The Morgan fingerprint density at radius 2 is 1.96 bits per heavy atom. The third-order valence-electron chi connectivity index (χ3n) is 4.59. The highest BCUT2D eigenvalue weighted by molar-refractivity contribution is 14.0. The normalized spacial score (nSPS) is 12.8. The summed E-state index contributed by atoms with van der Waals surface area (Å²) >= 11 is 0. The molecule has 0 saturated heterocycles. The van der Waals surface area contributed by atoms with Crippen molar-refractivity contribution in [3.63, 3.8) is 0 Å². The van der Waals surface area contributed by atoms with E-state index in [1.54, 1.807) is 0 Å². The molecule has 0 fully saturated rings. The van der Waals surface area contributed by atoms with E-state index < -0.39 is 0 Å². The van der Waals surface area contributed by atoms with Crippen LogP contribution in [0.1, 0.15) is 35.5 Å². The highest BCUT2D eigenvalue weighted by Crippen LogP contribution is 2.16. The average Bonchev–Trinajstić information content (AvgIpc) is 3.09. The SMILES string of the molecule is CCNC(=NCc1c(C)nn(C)c1C)NCC(c1cnn(C)c1)N(C)C.I. The van der Waals surface area contributed by atoms with Crippen LogP contribution < -0.4 is 10.6 Å².